The first-order chi connectivity index (χ1) is 7.75. The minimum atomic E-state index is -1.04. The smallest absolute Gasteiger partial charge is 0.356 e. The highest BCUT2D eigenvalue weighted by Crippen LogP contribution is 2.27. The molecular weight excluding hydrogens is 228 g/mol. The molecule has 2 rings (SSSR count). The van der Waals surface area contributed by atoms with Crippen LogP contribution in [0.5, 0.6) is 0 Å². The third kappa shape index (κ3) is 2.93. The highest BCUT2D eigenvalue weighted by Gasteiger charge is 2.16. The van der Waals surface area contributed by atoms with Gasteiger partial charge >= 0.3 is 5.97 Å². The van der Waals surface area contributed by atoms with Crippen LogP contribution >= 0.6 is 11.8 Å². The van der Waals surface area contributed by atoms with Crippen LogP contribution in [0.15, 0.2) is 17.4 Å². The zero-order chi connectivity index (χ0) is 11.4. The van der Waals surface area contributed by atoms with E-state index in [1.54, 1.807) is 18.0 Å². The minimum absolute atomic E-state index is 0.00272. The summed E-state index contributed by atoms with van der Waals surface area (Å²) in [6.45, 7) is 1.54. The Morgan fingerprint density at radius 2 is 2.19 bits per heavy atom. The maximum Gasteiger partial charge on any atom is 0.356 e. The third-order valence-electron chi connectivity index (χ3n) is 2.29. The average Bonchev–Trinajstić information content (AvgIpc) is 2.30. The summed E-state index contributed by atoms with van der Waals surface area (Å²) in [7, 11) is 0. The molecular formula is C10H12N2O3S. The molecule has 86 valence electrons. The molecule has 0 aliphatic carbocycles. The number of carboxylic acid groups (broad SMARTS) is 1. The number of hydrogen-bond donors (Lipinski definition) is 1. The molecule has 0 aromatic carbocycles. The van der Waals surface area contributed by atoms with E-state index in [4.69, 9.17) is 9.84 Å². The summed E-state index contributed by atoms with van der Waals surface area (Å²) in [4.78, 5) is 18.6. The maximum absolute atomic E-state index is 10.7. The molecule has 1 aromatic heterocycles. The summed E-state index contributed by atoms with van der Waals surface area (Å²) in [5, 5.41) is 9.91. The molecule has 0 saturated carbocycles. The van der Waals surface area contributed by atoms with Crippen LogP contribution < -0.4 is 0 Å². The Morgan fingerprint density at radius 3 is 2.88 bits per heavy atom. The SMILES string of the molecule is O=C(O)c1cncc(SC2CCOCC2)n1. The fourth-order valence-corrected chi connectivity index (χ4v) is 2.51. The van der Waals surface area contributed by atoms with E-state index in [-0.39, 0.29) is 5.69 Å². The lowest BCUT2D eigenvalue weighted by atomic mass is 10.2. The third-order valence-corrected chi connectivity index (χ3v) is 3.53. The van der Waals surface area contributed by atoms with Gasteiger partial charge in [-0.1, -0.05) is 0 Å². The lowest BCUT2D eigenvalue weighted by molar-refractivity contribution is 0.0689. The van der Waals surface area contributed by atoms with E-state index in [0.717, 1.165) is 26.1 Å². The van der Waals surface area contributed by atoms with Crippen molar-refractivity contribution in [2.24, 2.45) is 0 Å². The quantitative estimate of drug-likeness (QED) is 0.862. The average molecular weight is 240 g/mol. The van der Waals surface area contributed by atoms with Crippen molar-refractivity contribution in [2.75, 3.05) is 13.2 Å². The molecule has 1 aromatic rings. The summed E-state index contributed by atoms with van der Waals surface area (Å²) in [5.74, 6) is -1.04. The van der Waals surface area contributed by atoms with E-state index < -0.39 is 5.97 Å². The zero-order valence-electron chi connectivity index (χ0n) is 8.63. The topological polar surface area (TPSA) is 72.3 Å². The van der Waals surface area contributed by atoms with Crippen LogP contribution in [0.1, 0.15) is 23.3 Å². The molecule has 16 heavy (non-hydrogen) atoms. The molecule has 2 heterocycles. The molecule has 1 N–H and O–H groups in total. The van der Waals surface area contributed by atoms with Gasteiger partial charge in [0.25, 0.3) is 0 Å². The number of aromatic carboxylic acids is 1. The normalized spacial score (nSPS) is 17.2. The molecule has 0 radical (unpaired) electrons. The van der Waals surface area contributed by atoms with Gasteiger partial charge in [0.15, 0.2) is 5.69 Å². The molecule has 6 heteroatoms. The number of hydrogen-bond acceptors (Lipinski definition) is 5. The largest absolute Gasteiger partial charge is 0.476 e. The molecule has 0 atom stereocenters. The highest BCUT2D eigenvalue weighted by atomic mass is 32.2. The summed E-state index contributed by atoms with van der Waals surface area (Å²) in [5.41, 5.74) is -0.00272. The first-order valence-corrected chi connectivity index (χ1v) is 5.93. The second-order valence-corrected chi connectivity index (χ2v) is 4.80. The van der Waals surface area contributed by atoms with Gasteiger partial charge < -0.3 is 9.84 Å². The zero-order valence-corrected chi connectivity index (χ0v) is 9.44. The van der Waals surface area contributed by atoms with Crippen LogP contribution in [0.25, 0.3) is 0 Å². The Kier molecular flexibility index (Phi) is 3.74. The predicted octanol–water partition coefficient (Wildman–Crippen LogP) is 1.45. The standard InChI is InChI=1S/C10H12N2O3S/c13-10(14)8-5-11-6-9(12-8)16-7-1-3-15-4-2-7/h5-7H,1-4H2,(H,13,14). The number of ether oxygens (including phenoxy) is 1. The second kappa shape index (κ2) is 5.27. The first kappa shape index (κ1) is 11.3. The van der Waals surface area contributed by atoms with Crippen molar-refractivity contribution in [3.05, 3.63) is 18.1 Å². The van der Waals surface area contributed by atoms with Crippen LogP contribution in [-0.2, 0) is 4.74 Å². The Hall–Kier alpha value is -1.14. The Balaban J connectivity index is 2.02. The fourth-order valence-electron chi connectivity index (χ4n) is 1.47. The van der Waals surface area contributed by atoms with Crippen molar-refractivity contribution in [3.8, 4) is 0 Å². The minimum Gasteiger partial charge on any atom is -0.476 e. The van der Waals surface area contributed by atoms with Gasteiger partial charge in [0.2, 0.25) is 0 Å². The van der Waals surface area contributed by atoms with Crippen LogP contribution in [0, 0.1) is 0 Å². The van der Waals surface area contributed by atoms with Crippen molar-refractivity contribution in [2.45, 2.75) is 23.1 Å². The molecule has 1 fully saturated rings. The number of carboxylic acids is 1. The van der Waals surface area contributed by atoms with E-state index in [0.29, 0.717) is 10.3 Å². The summed E-state index contributed by atoms with van der Waals surface area (Å²) in [6.07, 6.45) is 4.82. The number of carbonyl (C=O) groups is 1. The van der Waals surface area contributed by atoms with Gasteiger partial charge in [-0.3, -0.25) is 4.98 Å². The lowest BCUT2D eigenvalue weighted by Crippen LogP contribution is -2.17. The molecule has 1 aliphatic rings. The fraction of sp³-hybridized carbons (Fsp3) is 0.500. The van der Waals surface area contributed by atoms with E-state index in [1.807, 2.05) is 0 Å². The lowest BCUT2D eigenvalue weighted by Gasteiger charge is -2.20. The van der Waals surface area contributed by atoms with Crippen LogP contribution in [0.2, 0.25) is 0 Å². The second-order valence-electron chi connectivity index (χ2n) is 3.48. The van der Waals surface area contributed by atoms with E-state index >= 15 is 0 Å². The number of rotatable bonds is 3. The van der Waals surface area contributed by atoms with Crippen LogP contribution in [0.4, 0.5) is 0 Å². The Labute approximate surface area is 97.2 Å². The predicted molar refractivity (Wildman–Crippen MR) is 58.7 cm³/mol. The summed E-state index contributed by atoms with van der Waals surface area (Å²) < 4.78 is 5.26. The summed E-state index contributed by atoms with van der Waals surface area (Å²) >= 11 is 1.58. The number of nitrogens with zero attached hydrogens (tertiary/aromatic N) is 2. The summed E-state index contributed by atoms with van der Waals surface area (Å²) in [6, 6.07) is 0. The van der Waals surface area contributed by atoms with Gasteiger partial charge in [-0.25, -0.2) is 9.78 Å². The van der Waals surface area contributed by atoms with Gasteiger partial charge in [0.1, 0.15) is 5.03 Å². The maximum atomic E-state index is 10.7. The number of aromatic nitrogens is 2. The van der Waals surface area contributed by atoms with Crippen molar-refractivity contribution in [1.82, 2.24) is 9.97 Å². The van der Waals surface area contributed by atoms with Crippen LogP contribution in [0.3, 0.4) is 0 Å². The molecule has 0 bridgehead atoms. The number of thioether (sulfide) groups is 1. The molecule has 1 aliphatic heterocycles. The molecule has 0 unspecified atom stereocenters. The van der Waals surface area contributed by atoms with Gasteiger partial charge in [-0.15, -0.1) is 11.8 Å². The Morgan fingerprint density at radius 1 is 1.44 bits per heavy atom. The molecule has 0 spiro atoms. The van der Waals surface area contributed by atoms with Crippen molar-refractivity contribution in [1.29, 1.82) is 0 Å². The highest BCUT2D eigenvalue weighted by molar-refractivity contribution is 7.99. The monoisotopic (exact) mass is 240 g/mol. The van der Waals surface area contributed by atoms with Crippen molar-refractivity contribution < 1.29 is 14.6 Å². The van der Waals surface area contributed by atoms with Crippen LogP contribution in [-0.4, -0.2) is 39.5 Å². The Bertz CT molecular complexity index is 380. The van der Waals surface area contributed by atoms with Gasteiger partial charge in [0, 0.05) is 18.5 Å². The van der Waals surface area contributed by atoms with Crippen molar-refractivity contribution in [3.63, 3.8) is 0 Å². The van der Waals surface area contributed by atoms with Gasteiger partial charge in [-0.2, -0.15) is 0 Å². The molecule has 1 saturated heterocycles. The molecule has 5 nitrogen and oxygen atoms in total. The van der Waals surface area contributed by atoms with E-state index in [9.17, 15) is 4.79 Å². The van der Waals surface area contributed by atoms with Crippen molar-refractivity contribution >= 4 is 17.7 Å². The first-order valence-electron chi connectivity index (χ1n) is 5.05. The van der Waals surface area contributed by atoms with E-state index in [2.05, 4.69) is 9.97 Å². The van der Waals surface area contributed by atoms with E-state index in [1.165, 1.54) is 6.20 Å². The van der Waals surface area contributed by atoms with Gasteiger partial charge in [0.05, 0.1) is 12.4 Å². The molecule has 0 amide bonds. The van der Waals surface area contributed by atoms with Gasteiger partial charge in [-0.05, 0) is 12.8 Å².